The number of rotatable bonds is 3. The zero-order valence-electron chi connectivity index (χ0n) is 11.2. The SMILES string of the molecule is NC(N)=NN=Cc1c(-c2ccccn2)[nH]c2ccccc12. The van der Waals surface area contributed by atoms with Gasteiger partial charge in [-0.25, -0.2) is 0 Å². The molecule has 0 aliphatic carbocycles. The first-order valence-electron chi connectivity index (χ1n) is 6.40. The van der Waals surface area contributed by atoms with Crippen molar-refractivity contribution in [2.45, 2.75) is 0 Å². The molecule has 21 heavy (non-hydrogen) atoms. The zero-order valence-corrected chi connectivity index (χ0v) is 11.2. The number of hydrogen-bond acceptors (Lipinski definition) is 3. The van der Waals surface area contributed by atoms with Crippen molar-refractivity contribution in [1.82, 2.24) is 9.97 Å². The van der Waals surface area contributed by atoms with E-state index in [0.717, 1.165) is 27.9 Å². The van der Waals surface area contributed by atoms with Gasteiger partial charge in [-0.3, -0.25) is 4.98 Å². The number of para-hydroxylation sites is 1. The van der Waals surface area contributed by atoms with Crippen LogP contribution in [0.2, 0.25) is 0 Å². The summed E-state index contributed by atoms with van der Waals surface area (Å²) < 4.78 is 0. The highest BCUT2D eigenvalue weighted by Gasteiger charge is 2.11. The number of nitrogens with one attached hydrogen (secondary N) is 1. The van der Waals surface area contributed by atoms with Gasteiger partial charge in [0.25, 0.3) is 0 Å². The van der Waals surface area contributed by atoms with Gasteiger partial charge in [0, 0.05) is 22.7 Å². The lowest BCUT2D eigenvalue weighted by Crippen LogP contribution is -2.21. The fraction of sp³-hybridized carbons (Fsp3) is 0. The molecule has 0 amide bonds. The Morgan fingerprint density at radius 3 is 2.67 bits per heavy atom. The van der Waals surface area contributed by atoms with Gasteiger partial charge in [-0.15, -0.1) is 5.10 Å². The minimum absolute atomic E-state index is 0.0783. The molecule has 3 rings (SSSR count). The van der Waals surface area contributed by atoms with E-state index in [-0.39, 0.29) is 5.96 Å². The van der Waals surface area contributed by atoms with Crippen LogP contribution in [-0.4, -0.2) is 22.1 Å². The molecule has 0 bridgehead atoms. The Morgan fingerprint density at radius 1 is 1.10 bits per heavy atom. The second-order valence-electron chi connectivity index (χ2n) is 4.44. The summed E-state index contributed by atoms with van der Waals surface area (Å²) in [5, 5.41) is 8.60. The third kappa shape index (κ3) is 2.59. The number of pyridine rings is 1. The molecule has 0 atom stereocenters. The molecule has 0 aliphatic heterocycles. The number of H-pyrrole nitrogens is 1. The van der Waals surface area contributed by atoms with Crippen LogP contribution in [0.5, 0.6) is 0 Å². The number of aromatic nitrogens is 2. The standard InChI is InChI=1S/C15H14N6/c16-15(17)21-19-9-11-10-5-1-2-6-12(10)20-14(11)13-7-3-4-8-18-13/h1-9,20H,(H4,16,17,21). The van der Waals surface area contributed by atoms with Crippen LogP contribution in [0.3, 0.4) is 0 Å². The van der Waals surface area contributed by atoms with E-state index >= 15 is 0 Å². The van der Waals surface area contributed by atoms with Crippen molar-refractivity contribution in [3.05, 3.63) is 54.2 Å². The zero-order chi connectivity index (χ0) is 14.7. The number of aromatic amines is 1. The summed E-state index contributed by atoms with van der Waals surface area (Å²) in [4.78, 5) is 7.72. The summed E-state index contributed by atoms with van der Waals surface area (Å²) in [5.74, 6) is -0.0783. The Balaban J connectivity index is 2.19. The van der Waals surface area contributed by atoms with Gasteiger partial charge in [-0.1, -0.05) is 24.3 Å². The third-order valence-electron chi connectivity index (χ3n) is 3.03. The van der Waals surface area contributed by atoms with Gasteiger partial charge in [0.2, 0.25) is 5.96 Å². The molecule has 2 heterocycles. The van der Waals surface area contributed by atoms with Crippen LogP contribution in [0.25, 0.3) is 22.3 Å². The number of fused-ring (bicyclic) bond motifs is 1. The molecule has 5 N–H and O–H groups in total. The van der Waals surface area contributed by atoms with E-state index in [0.29, 0.717) is 0 Å². The van der Waals surface area contributed by atoms with Crippen LogP contribution >= 0.6 is 0 Å². The molecule has 0 fully saturated rings. The molecule has 3 aromatic rings. The van der Waals surface area contributed by atoms with Gasteiger partial charge in [0.05, 0.1) is 17.6 Å². The van der Waals surface area contributed by atoms with Crippen LogP contribution in [0.4, 0.5) is 0 Å². The van der Waals surface area contributed by atoms with Gasteiger partial charge in [0.1, 0.15) is 0 Å². The number of nitrogens with two attached hydrogens (primary N) is 2. The smallest absolute Gasteiger partial charge is 0.211 e. The van der Waals surface area contributed by atoms with Gasteiger partial charge >= 0.3 is 0 Å². The lowest BCUT2D eigenvalue weighted by molar-refractivity contribution is 1.21. The monoisotopic (exact) mass is 278 g/mol. The van der Waals surface area contributed by atoms with Crippen LogP contribution in [0.15, 0.2) is 58.9 Å². The second-order valence-corrected chi connectivity index (χ2v) is 4.44. The summed E-state index contributed by atoms with van der Waals surface area (Å²) in [6.07, 6.45) is 3.38. The van der Waals surface area contributed by atoms with Crippen molar-refractivity contribution in [3.63, 3.8) is 0 Å². The summed E-state index contributed by atoms with van der Waals surface area (Å²) >= 11 is 0. The maximum Gasteiger partial charge on any atom is 0.211 e. The Hall–Kier alpha value is -3.15. The number of benzene rings is 1. The Morgan fingerprint density at radius 2 is 1.90 bits per heavy atom. The number of nitrogens with zero attached hydrogens (tertiary/aromatic N) is 3. The predicted octanol–water partition coefficient (Wildman–Crippen LogP) is 1.84. The molecule has 0 radical (unpaired) electrons. The maximum absolute atomic E-state index is 5.29. The van der Waals surface area contributed by atoms with Gasteiger partial charge in [-0.05, 0) is 18.2 Å². The molecular formula is C15H14N6. The van der Waals surface area contributed by atoms with Crippen LogP contribution in [-0.2, 0) is 0 Å². The maximum atomic E-state index is 5.29. The normalized spacial score (nSPS) is 11.0. The Labute approximate surface area is 121 Å². The topological polar surface area (TPSA) is 105 Å². The van der Waals surface area contributed by atoms with Crippen molar-refractivity contribution < 1.29 is 0 Å². The highest BCUT2D eigenvalue weighted by Crippen LogP contribution is 2.27. The van der Waals surface area contributed by atoms with Crippen molar-refractivity contribution in [1.29, 1.82) is 0 Å². The van der Waals surface area contributed by atoms with E-state index in [1.165, 1.54) is 0 Å². The van der Waals surface area contributed by atoms with Gasteiger partial charge < -0.3 is 16.5 Å². The molecule has 6 heteroatoms. The highest BCUT2D eigenvalue weighted by atomic mass is 15.3. The van der Waals surface area contributed by atoms with Crippen LogP contribution in [0.1, 0.15) is 5.56 Å². The van der Waals surface area contributed by atoms with Crippen molar-refractivity contribution in [3.8, 4) is 11.4 Å². The highest BCUT2D eigenvalue weighted by molar-refractivity contribution is 6.05. The van der Waals surface area contributed by atoms with E-state index in [2.05, 4.69) is 20.2 Å². The molecular weight excluding hydrogens is 264 g/mol. The predicted molar refractivity (Wildman–Crippen MR) is 84.9 cm³/mol. The summed E-state index contributed by atoms with van der Waals surface area (Å²) in [6, 6.07) is 13.7. The molecule has 0 aliphatic rings. The Bertz CT molecular complexity index is 813. The van der Waals surface area contributed by atoms with Gasteiger partial charge in [0.15, 0.2) is 0 Å². The minimum Gasteiger partial charge on any atom is -0.369 e. The molecule has 0 spiro atoms. The van der Waals surface area contributed by atoms with Crippen LogP contribution in [0, 0.1) is 0 Å². The first-order valence-corrected chi connectivity index (χ1v) is 6.40. The largest absolute Gasteiger partial charge is 0.369 e. The number of guanidine groups is 1. The second kappa shape index (κ2) is 5.46. The van der Waals surface area contributed by atoms with Crippen molar-refractivity contribution in [2.24, 2.45) is 21.7 Å². The average molecular weight is 278 g/mol. The molecule has 0 unspecified atom stereocenters. The molecule has 104 valence electrons. The first kappa shape index (κ1) is 12.9. The lowest BCUT2D eigenvalue weighted by atomic mass is 10.1. The Kier molecular flexibility index (Phi) is 3.34. The third-order valence-corrected chi connectivity index (χ3v) is 3.03. The number of hydrogen-bond donors (Lipinski definition) is 3. The molecule has 1 aromatic carbocycles. The lowest BCUT2D eigenvalue weighted by Gasteiger charge is -1.98. The van der Waals surface area contributed by atoms with E-state index in [1.54, 1.807) is 12.4 Å². The van der Waals surface area contributed by atoms with Crippen molar-refractivity contribution >= 4 is 23.1 Å². The molecule has 6 nitrogen and oxygen atoms in total. The summed E-state index contributed by atoms with van der Waals surface area (Å²) in [7, 11) is 0. The van der Waals surface area contributed by atoms with Gasteiger partial charge in [-0.2, -0.15) is 5.10 Å². The summed E-state index contributed by atoms with van der Waals surface area (Å²) in [6.45, 7) is 0. The van der Waals surface area contributed by atoms with E-state index < -0.39 is 0 Å². The quantitative estimate of drug-likeness (QED) is 0.386. The van der Waals surface area contributed by atoms with E-state index in [4.69, 9.17) is 11.5 Å². The summed E-state index contributed by atoms with van der Waals surface area (Å²) in [5.41, 5.74) is 14.2. The van der Waals surface area contributed by atoms with Crippen molar-refractivity contribution in [2.75, 3.05) is 0 Å². The van der Waals surface area contributed by atoms with Crippen LogP contribution < -0.4 is 11.5 Å². The fourth-order valence-electron chi connectivity index (χ4n) is 2.16. The molecule has 0 saturated carbocycles. The first-order chi connectivity index (χ1) is 10.3. The van der Waals surface area contributed by atoms with E-state index in [1.807, 2.05) is 42.5 Å². The minimum atomic E-state index is -0.0783. The molecule has 0 saturated heterocycles. The average Bonchev–Trinajstić information content (AvgIpc) is 2.87. The fourth-order valence-corrected chi connectivity index (χ4v) is 2.16. The van der Waals surface area contributed by atoms with E-state index in [9.17, 15) is 0 Å². The molecule has 2 aromatic heterocycles.